The molecule has 13 heavy (non-hydrogen) atoms. The zero-order chi connectivity index (χ0) is 9.84. The SMILES string of the molecule is COc1cccc(Br)c1[C@H](N)CO. The second-order valence-electron chi connectivity index (χ2n) is 2.64. The number of hydrogen-bond acceptors (Lipinski definition) is 3. The largest absolute Gasteiger partial charge is 0.496 e. The molecule has 0 bridgehead atoms. The minimum Gasteiger partial charge on any atom is -0.496 e. The summed E-state index contributed by atoms with van der Waals surface area (Å²) in [6, 6.07) is 5.13. The lowest BCUT2D eigenvalue weighted by molar-refractivity contribution is 0.264. The van der Waals surface area contributed by atoms with E-state index < -0.39 is 6.04 Å². The van der Waals surface area contributed by atoms with Crippen LogP contribution in [0.15, 0.2) is 22.7 Å². The fraction of sp³-hybridized carbons (Fsp3) is 0.333. The molecule has 0 fully saturated rings. The Kier molecular flexibility index (Phi) is 3.71. The summed E-state index contributed by atoms with van der Waals surface area (Å²) >= 11 is 3.36. The van der Waals surface area contributed by atoms with E-state index >= 15 is 0 Å². The zero-order valence-corrected chi connectivity index (χ0v) is 8.91. The molecule has 4 heteroatoms. The molecule has 3 N–H and O–H groups in total. The Morgan fingerprint density at radius 2 is 2.31 bits per heavy atom. The molecule has 0 aliphatic heterocycles. The number of aliphatic hydroxyl groups is 1. The fourth-order valence-electron chi connectivity index (χ4n) is 1.15. The van der Waals surface area contributed by atoms with Crippen molar-refractivity contribution in [1.29, 1.82) is 0 Å². The number of methoxy groups -OCH3 is 1. The molecular formula is C9H12BrNO2. The van der Waals surface area contributed by atoms with Gasteiger partial charge in [0.15, 0.2) is 0 Å². The summed E-state index contributed by atoms with van der Waals surface area (Å²) in [4.78, 5) is 0. The van der Waals surface area contributed by atoms with Gasteiger partial charge in [-0.1, -0.05) is 22.0 Å². The monoisotopic (exact) mass is 245 g/mol. The standard InChI is InChI=1S/C9H12BrNO2/c1-13-8-4-2-3-6(10)9(8)7(11)5-12/h2-4,7,12H,5,11H2,1H3/t7-/m1/s1. The number of aliphatic hydroxyl groups excluding tert-OH is 1. The van der Waals surface area contributed by atoms with Crippen molar-refractivity contribution in [2.45, 2.75) is 6.04 Å². The number of benzene rings is 1. The van der Waals surface area contributed by atoms with Crippen molar-refractivity contribution in [2.75, 3.05) is 13.7 Å². The smallest absolute Gasteiger partial charge is 0.124 e. The van der Waals surface area contributed by atoms with Crippen molar-refractivity contribution in [1.82, 2.24) is 0 Å². The highest BCUT2D eigenvalue weighted by molar-refractivity contribution is 9.10. The van der Waals surface area contributed by atoms with Crippen LogP contribution >= 0.6 is 15.9 Å². The van der Waals surface area contributed by atoms with Crippen LogP contribution in [-0.2, 0) is 0 Å². The first-order chi connectivity index (χ1) is 6.20. The van der Waals surface area contributed by atoms with Crippen molar-refractivity contribution in [3.8, 4) is 5.75 Å². The van der Waals surface area contributed by atoms with Crippen LogP contribution in [0.25, 0.3) is 0 Å². The molecule has 1 atom stereocenters. The van der Waals surface area contributed by atoms with Crippen molar-refractivity contribution in [2.24, 2.45) is 5.73 Å². The van der Waals surface area contributed by atoms with Crippen LogP contribution < -0.4 is 10.5 Å². The van der Waals surface area contributed by atoms with Crippen LogP contribution in [0.5, 0.6) is 5.75 Å². The predicted molar refractivity (Wildman–Crippen MR) is 54.7 cm³/mol. The van der Waals surface area contributed by atoms with Gasteiger partial charge in [-0.15, -0.1) is 0 Å². The molecule has 72 valence electrons. The van der Waals surface area contributed by atoms with E-state index in [1.54, 1.807) is 7.11 Å². The molecule has 0 heterocycles. The quantitative estimate of drug-likeness (QED) is 0.848. The molecule has 1 rings (SSSR count). The van der Waals surface area contributed by atoms with Gasteiger partial charge in [-0.05, 0) is 12.1 Å². The average molecular weight is 246 g/mol. The third-order valence-corrected chi connectivity index (χ3v) is 2.49. The van der Waals surface area contributed by atoms with Crippen molar-refractivity contribution >= 4 is 15.9 Å². The van der Waals surface area contributed by atoms with E-state index in [4.69, 9.17) is 15.6 Å². The van der Waals surface area contributed by atoms with Crippen LogP contribution in [-0.4, -0.2) is 18.8 Å². The highest BCUT2D eigenvalue weighted by Gasteiger charge is 2.13. The van der Waals surface area contributed by atoms with E-state index in [1.165, 1.54) is 0 Å². The summed E-state index contributed by atoms with van der Waals surface area (Å²) in [5, 5.41) is 8.93. The van der Waals surface area contributed by atoms with E-state index in [0.29, 0.717) is 5.75 Å². The average Bonchev–Trinajstić information content (AvgIpc) is 2.16. The number of ether oxygens (including phenoxy) is 1. The first kappa shape index (κ1) is 10.5. The van der Waals surface area contributed by atoms with Gasteiger partial charge < -0.3 is 15.6 Å². The Balaban J connectivity index is 3.14. The van der Waals surface area contributed by atoms with Gasteiger partial charge in [0.25, 0.3) is 0 Å². The van der Waals surface area contributed by atoms with Crippen molar-refractivity contribution in [3.05, 3.63) is 28.2 Å². The van der Waals surface area contributed by atoms with Gasteiger partial charge in [-0.2, -0.15) is 0 Å². The van der Waals surface area contributed by atoms with E-state index in [1.807, 2.05) is 18.2 Å². The van der Waals surface area contributed by atoms with E-state index in [9.17, 15) is 0 Å². The van der Waals surface area contributed by atoms with E-state index in [2.05, 4.69) is 15.9 Å². The molecule has 0 unspecified atom stereocenters. The molecule has 0 spiro atoms. The first-order valence-electron chi connectivity index (χ1n) is 3.89. The summed E-state index contributed by atoms with van der Waals surface area (Å²) in [7, 11) is 1.58. The lowest BCUT2D eigenvalue weighted by Gasteiger charge is -2.14. The highest BCUT2D eigenvalue weighted by Crippen LogP contribution is 2.30. The van der Waals surface area contributed by atoms with E-state index in [-0.39, 0.29) is 6.61 Å². The normalized spacial score (nSPS) is 12.6. The lowest BCUT2D eigenvalue weighted by atomic mass is 10.1. The molecule has 0 aliphatic rings. The molecular weight excluding hydrogens is 234 g/mol. The topological polar surface area (TPSA) is 55.5 Å². The molecule has 0 amide bonds. The number of nitrogens with two attached hydrogens (primary N) is 1. The van der Waals surface area contributed by atoms with Crippen molar-refractivity contribution in [3.63, 3.8) is 0 Å². The minimum atomic E-state index is -0.412. The molecule has 0 saturated carbocycles. The Morgan fingerprint density at radius 3 is 2.85 bits per heavy atom. The van der Waals surface area contributed by atoms with Crippen LogP contribution in [0.1, 0.15) is 11.6 Å². The van der Waals surface area contributed by atoms with Gasteiger partial charge in [0.2, 0.25) is 0 Å². The molecule has 1 aromatic rings. The number of rotatable bonds is 3. The lowest BCUT2D eigenvalue weighted by Crippen LogP contribution is -2.16. The highest BCUT2D eigenvalue weighted by atomic mass is 79.9. The summed E-state index contributed by atoms with van der Waals surface area (Å²) in [6.07, 6.45) is 0. The maximum Gasteiger partial charge on any atom is 0.124 e. The van der Waals surface area contributed by atoms with Crippen LogP contribution in [0.2, 0.25) is 0 Å². The van der Waals surface area contributed by atoms with Gasteiger partial charge in [0.05, 0.1) is 19.8 Å². The summed E-state index contributed by atoms with van der Waals surface area (Å²) < 4.78 is 5.98. The van der Waals surface area contributed by atoms with Crippen LogP contribution in [0, 0.1) is 0 Å². The summed E-state index contributed by atoms with van der Waals surface area (Å²) in [5.74, 6) is 0.691. The van der Waals surface area contributed by atoms with Gasteiger partial charge in [-0.3, -0.25) is 0 Å². The Hall–Kier alpha value is -0.580. The Morgan fingerprint density at radius 1 is 1.62 bits per heavy atom. The second kappa shape index (κ2) is 4.60. The third kappa shape index (κ3) is 2.21. The second-order valence-corrected chi connectivity index (χ2v) is 3.50. The molecule has 3 nitrogen and oxygen atoms in total. The third-order valence-electron chi connectivity index (χ3n) is 1.80. The zero-order valence-electron chi connectivity index (χ0n) is 7.33. The van der Waals surface area contributed by atoms with Gasteiger partial charge >= 0.3 is 0 Å². The van der Waals surface area contributed by atoms with Gasteiger partial charge in [-0.25, -0.2) is 0 Å². The van der Waals surface area contributed by atoms with Gasteiger partial charge in [0.1, 0.15) is 5.75 Å². The summed E-state index contributed by atoms with van der Waals surface area (Å²) in [6.45, 7) is -0.0982. The van der Waals surface area contributed by atoms with Crippen LogP contribution in [0.4, 0.5) is 0 Å². The molecule has 0 radical (unpaired) electrons. The maximum atomic E-state index is 8.93. The molecule has 0 aromatic heterocycles. The fourth-order valence-corrected chi connectivity index (χ4v) is 1.79. The molecule has 0 saturated heterocycles. The predicted octanol–water partition coefficient (Wildman–Crippen LogP) is 1.45. The van der Waals surface area contributed by atoms with Gasteiger partial charge in [0, 0.05) is 10.0 Å². The maximum absolute atomic E-state index is 8.93. The number of halogens is 1. The Bertz CT molecular complexity index is 291. The first-order valence-corrected chi connectivity index (χ1v) is 4.68. The Labute approximate surface area is 85.6 Å². The van der Waals surface area contributed by atoms with Crippen molar-refractivity contribution < 1.29 is 9.84 Å². The molecule has 0 aliphatic carbocycles. The number of hydrogen-bond donors (Lipinski definition) is 2. The molecule has 1 aromatic carbocycles. The minimum absolute atomic E-state index is 0.0982. The van der Waals surface area contributed by atoms with Crippen LogP contribution in [0.3, 0.4) is 0 Å². The van der Waals surface area contributed by atoms with E-state index in [0.717, 1.165) is 10.0 Å². The summed E-state index contributed by atoms with van der Waals surface area (Å²) in [5.41, 5.74) is 6.51.